The van der Waals surface area contributed by atoms with Crippen LogP contribution in [0.4, 0.5) is 24.7 Å². The standard InChI is InChI=1S/C28H24ClF3N6O5/c29-20-4-2-1-3-19(20)24(26(41)35-17-11-28(31,32)12-17)37(18-10-16(30)13-36(43)14-18)27(42)21-5-6-23(39)38(21)22-9-15(25(33)40)7-8-34-22/h1-4,7-10,13-14,17,21,24H,5-6,11-12H2,(H3-,33,35,40,41,43)/p+1/t21-,24?/m0/s1. The molecular formula is C28H25ClF3N6O5+. The van der Waals surface area contributed by atoms with Gasteiger partial charge in [-0.2, -0.15) is 0 Å². The van der Waals surface area contributed by atoms with Gasteiger partial charge in [0.2, 0.25) is 23.9 Å². The smallest absolute Gasteiger partial charge is 0.257 e. The maximum atomic E-state index is 14.6. The summed E-state index contributed by atoms with van der Waals surface area (Å²) in [6.07, 6.45) is 1.49. The Morgan fingerprint density at radius 2 is 1.91 bits per heavy atom. The number of nitrogens with one attached hydrogen (secondary N) is 1. The number of benzene rings is 1. The fourth-order valence-electron chi connectivity index (χ4n) is 5.26. The number of rotatable bonds is 8. The van der Waals surface area contributed by atoms with Crippen molar-refractivity contribution in [1.29, 1.82) is 0 Å². The summed E-state index contributed by atoms with van der Waals surface area (Å²) in [5.74, 6) is -7.14. The zero-order chi connectivity index (χ0) is 31.1. The molecule has 3 aromatic rings. The van der Waals surface area contributed by atoms with E-state index in [9.17, 15) is 37.6 Å². The summed E-state index contributed by atoms with van der Waals surface area (Å²) in [4.78, 5) is 59.2. The summed E-state index contributed by atoms with van der Waals surface area (Å²) in [7, 11) is 0. The normalized spacial score (nSPS) is 18.6. The van der Waals surface area contributed by atoms with Crippen molar-refractivity contribution in [3.63, 3.8) is 0 Å². The molecule has 0 bridgehead atoms. The number of amides is 4. The molecule has 1 aromatic carbocycles. The van der Waals surface area contributed by atoms with E-state index in [1.165, 1.54) is 36.5 Å². The van der Waals surface area contributed by atoms with Crippen LogP contribution >= 0.6 is 11.6 Å². The first-order chi connectivity index (χ1) is 20.3. The fourth-order valence-corrected chi connectivity index (χ4v) is 5.50. The number of primary amides is 1. The minimum Gasteiger partial charge on any atom is -0.366 e. The lowest BCUT2D eigenvalue weighted by molar-refractivity contribution is -0.905. The highest BCUT2D eigenvalue weighted by molar-refractivity contribution is 6.31. The molecule has 1 unspecified atom stereocenters. The van der Waals surface area contributed by atoms with Gasteiger partial charge >= 0.3 is 0 Å². The maximum absolute atomic E-state index is 14.6. The zero-order valence-electron chi connectivity index (χ0n) is 22.3. The summed E-state index contributed by atoms with van der Waals surface area (Å²) in [5.41, 5.74) is 5.16. The molecule has 1 aliphatic heterocycles. The van der Waals surface area contributed by atoms with Gasteiger partial charge in [0.1, 0.15) is 23.6 Å². The molecule has 4 amide bonds. The van der Waals surface area contributed by atoms with Crippen LogP contribution in [0.15, 0.2) is 61.1 Å². The van der Waals surface area contributed by atoms with Crippen molar-refractivity contribution in [2.75, 3.05) is 9.80 Å². The van der Waals surface area contributed by atoms with E-state index in [2.05, 4.69) is 10.3 Å². The van der Waals surface area contributed by atoms with E-state index in [1.54, 1.807) is 6.07 Å². The summed E-state index contributed by atoms with van der Waals surface area (Å²) in [6, 6.07) is 5.53. The Morgan fingerprint density at radius 3 is 2.56 bits per heavy atom. The second-order valence-corrected chi connectivity index (χ2v) is 10.7. The van der Waals surface area contributed by atoms with E-state index in [4.69, 9.17) is 17.3 Å². The largest absolute Gasteiger partial charge is 0.366 e. The minimum atomic E-state index is -2.96. The molecule has 0 radical (unpaired) electrons. The first-order valence-electron chi connectivity index (χ1n) is 13.1. The molecule has 2 atom stereocenters. The molecule has 3 heterocycles. The Kier molecular flexibility index (Phi) is 7.97. The molecule has 4 N–H and O–H groups in total. The molecule has 224 valence electrons. The van der Waals surface area contributed by atoms with Crippen molar-refractivity contribution in [3.8, 4) is 0 Å². The topological polar surface area (TPSA) is 150 Å². The average Bonchev–Trinajstić information content (AvgIpc) is 3.31. The number of hydrogen-bond acceptors (Lipinski definition) is 6. The van der Waals surface area contributed by atoms with Gasteiger partial charge in [-0.3, -0.25) is 34.2 Å². The van der Waals surface area contributed by atoms with Gasteiger partial charge in [0.15, 0.2) is 5.82 Å². The molecule has 1 saturated carbocycles. The van der Waals surface area contributed by atoms with Crippen LogP contribution in [-0.2, 0) is 14.4 Å². The van der Waals surface area contributed by atoms with Crippen LogP contribution < -0.4 is 25.6 Å². The Bertz CT molecular complexity index is 1600. The number of anilines is 2. The summed E-state index contributed by atoms with van der Waals surface area (Å²) >= 11 is 6.46. The average molecular weight is 618 g/mol. The van der Waals surface area contributed by atoms with Gasteiger partial charge in [-0.1, -0.05) is 29.8 Å². The van der Waals surface area contributed by atoms with Gasteiger partial charge < -0.3 is 11.1 Å². The minimum absolute atomic E-state index is 0.0184. The number of alkyl halides is 2. The molecule has 2 aromatic heterocycles. The monoisotopic (exact) mass is 617 g/mol. The Balaban J connectivity index is 1.63. The molecule has 1 aliphatic carbocycles. The van der Waals surface area contributed by atoms with E-state index in [-0.39, 0.29) is 40.5 Å². The third-order valence-electron chi connectivity index (χ3n) is 7.24. The van der Waals surface area contributed by atoms with Crippen LogP contribution in [0, 0.1) is 5.82 Å². The SMILES string of the molecule is NC(=O)c1ccnc(N2C(=O)CC[C@H]2C(=O)N(c2cc(F)c[n+](O)c2)C(C(=O)NC2CC(F)(F)C2)c2ccccc2Cl)c1. The molecule has 0 spiro atoms. The molecule has 1 saturated heterocycles. The van der Waals surface area contributed by atoms with E-state index < -0.39 is 66.3 Å². The van der Waals surface area contributed by atoms with Crippen molar-refractivity contribution >= 4 is 46.7 Å². The first kappa shape index (κ1) is 29.8. The number of pyridine rings is 2. The lowest BCUT2D eigenvalue weighted by Gasteiger charge is -2.38. The van der Waals surface area contributed by atoms with E-state index in [0.717, 1.165) is 22.1 Å². The second-order valence-electron chi connectivity index (χ2n) is 10.3. The van der Waals surface area contributed by atoms with E-state index in [0.29, 0.717) is 10.9 Å². The number of nitrogens with zero attached hydrogens (tertiary/aromatic N) is 4. The highest BCUT2D eigenvalue weighted by atomic mass is 35.5. The summed E-state index contributed by atoms with van der Waals surface area (Å²) < 4.78 is 42.2. The third kappa shape index (κ3) is 6.09. The van der Waals surface area contributed by atoms with Crippen LogP contribution in [0.5, 0.6) is 0 Å². The Labute approximate surface area is 247 Å². The predicted molar refractivity (Wildman–Crippen MR) is 145 cm³/mol. The maximum Gasteiger partial charge on any atom is 0.257 e. The van der Waals surface area contributed by atoms with Crippen LogP contribution in [0.2, 0.25) is 5.02 Å². The summed E-state index contributed by atoms with van der Waals surface area (Å²) in [5, 5.41) is 12.7. The van der Waals surface area contributed by atoms with E-state index >= 15 is 0 Å². The van der Waals surface area contributed by atoms with Crippen LogP contribution in [0.3, 0.4) is 0 Å². The number of carbonyl (C=O) groups is 4. The lowest BCUT2D eigenvalue weighted by atomic mass is 9.87. The Morgan fingerprint density at radius 1 is 1.19 bits per heavy atom. The zero-order valence-corrected chi connectivity index (χ0v) is 23.0. The first-order valence-corrected chi connectivity index (χ1v) is 13.5. The molecule has 5 rings (SSSR count). The van der Waals surface area contributed by atoms with Crippen LogP contribution in [0.1, 0.15) is 47.6 Å². The van der Waals surface area contributed by atoms with E-state index in [1.807, 2.05) is 0 Å². The highest BCUT2D eigenvalue weighted by Gasteiger charge is 2.49. The van der Waals surface area contributed by atoms with Crippen molar-refractivity contribution in [2.45, 2.75) is 49.7 Å². The molecule has 2 aliphatic rings. The van der Waals surface area contributed by atoms with Gasteiger partial charge in [0, 0.05) is 58.4 Å². The number of carbonyl (C=O) groups excluding carboxylic acids is 4. The van der Waals surface area contributed by atoms with Crippen LogP contribution in [0.25, 0.3) is 0 Å². The van der Waals surface area contributed by atoms with Gasteiger partial charge in [-0.15, -0.1) is 0 Å². The number of nitrogens with two attached hydrogens (primary N) is 1. The highest BCUT2D eigenvalue weighted by Crippen LogP contribution is 2.39. The van der Waals surface area contributed by atoms with Crippen molar-refractivity contribution in [1.82, 2.24) is 10.3 Å². The lowest BCUT2D eigenvalue weighted by Crippen LogP contribution is -2.56. The van der Waals surface area contributed by atoms with Crippen molar-refractivity contribution < 1.29 is 42.3 Å². The van der Waals surface area contributed by atoms with Crippen molar-refractivity contribution in [2.24, 2.45) is 5.73 Å². The van der Waals surface area contributed by atoms with Crippen molar-refractivity contribution in [3.05, 3.63) is 83.0 Å². The number of halogens is 4. The molecule has 2 fully saturated rings. The molecule has 43 heavy (non-hydrogen) atoms. The van der Waals surface area contributed by atoms with Crippen LogP contribution in [-0.4, -0.2) is 51.8 Å². The second kappa shape index (κ2) is 11.5. The Hall–Kier alpha value is -4.72. The third-order valence-corrected chi connectivity index (χ3v) is 7.58. The van der Waals surface area contributed by atoms with Gasteiger partial charge in [0.25, 0.3) is 18.0 Å². The van der Waals surface area contributed by atoms with Gasteiger partial charge in [-0.05, 0) is 24.6 Å². The molecule has 11 nitrogen and oxygen atoms in total. The number of hydrogen-bond donors (Lipinski definition) is 3. The molecule has 15 heteroatoms. The quantitative estimate of drug-likeness (QED) is 0.261. The molecular weight excluding hydrogens is 593 g/mol. The van der Waals surface area contributed by atoms with Gasteiger partial charge in [-0.25, -0.2) is 18.2 Å². The number of aromatic nitrogens is 2. The fraction of sp³-hybridized carbons (Fsp3) is 0.286. The predicted octanol–water partition coefficient (Wildman–Crippen LogP) is 2.68. The van der Waals surface area contributed by atoms with Gasteiger partial charge in [0.05, 0.1) is 0 Å². The summed E-state index contributed by atoms with van der Waals surface area (Å²) in [6.45, 7) is 0.